The molecule has 0 aliphatic carbocycles. The molecule has 0 bridgehead atoms. The van der Waals surface area contributed by atoms with E-state index in [4.69, 9.17) is 4.74 Å². The minimum absolute atomic E-state index is 0.218. The van der Waals surface area contributed by atoms with E-state index in [2.05, 4.69) is 15.3 Å². The molecule has 3 aromatic rings. The number of carbonyl (C=O) groups is 2. The second-order valence-electron chi connectivity index (χ2n) is 5.93. The molecule has 0 spiro atoms. The summed E-state index contributed by atoms with van der Waals surface area (Å²) in [5.74, 6) is -1.25. The third-order valence-electron chi connectivity index (χ3n) is 3.87. The predicted molar refractivity (Wildman–Crippen MR) is 99.6 cm³/mol. The highest BCUT2D eigenvalue weighted by atomic mass is 32.1. The van der Waals surface area contributed by atoms with Gasteiger partial charge in [0.15, 0.2) is 6.10 Å². The van der Waals surface area contributed by atoms with Crippen molar-refractivity contribution >= 4 is 39.1 Å². The van der Waals surface area contributed by atoms with Gasteiger partial charge in [0, 0.05) is 5.69 Å². The third kappa shape index (κ3) is 3.87. The largest absolute Gasteiger partial charge is 0.448 e. The van der Waals surface area contributed by atoms with Crippen LogP contribution in [0, 0.1) is 19.7 Å². The van der Waals surface area contributed by atoms with Gasteiger partial charge in [0.2, 0.25) is 0 Å². The van der Waals surface area contributed by atoms with Crippen molar-refractivity contribution in [2.75, 3.05) is 5.32 Å². The lowest BCUT2D eigenvalue weighted by molar-refractivity contribution is -0.123. The van der Waals surface area contributed by atoms with E-state index in [0.717, 1.165) is 11.3 Å². The molecule has 0 radical (unpaired) electrons. The van der Waals surface area contributed by atoms with Crippen LogP contribution in [0.25, 0.3) is 10.2 Å². The van der Waals surface area contributed by atoms with Crippen LogP contribution in [0.15, 0.2) is 29.1 Å². The molecule has 9 heteroatoms. The van der Waals surface area contributed by atoms with Gasteiger partial charge < -0.3 is 15.0 Å². The summed E-state index contributed by atoms with van der Waals surface area (Å²) in [5.41, 5.74) is 0.515. The molecule has 0 saturated carbocycles. The summed E-state index contributed by atoms with van der Waals surface area (Å²) in [7, 11) is 0. The molecule has 1 amide bonds. The van der Waals surface area contributed by atoms with Crippen molar-refractivity contribution in [3.63, 3.8) is 0 Å². The summed E-state index contributed by atoms with van der Waals surface area (Å²) in [6.45, 7) is 4.70. The first-order valence-electron chi connectivity index (χ1n) is 8.03. The molecule has 0 unspecified atom stereocenters. The Hall–Kier alpha value is -3.07. The molecule has 2 N–H and O–H groups in total. The summed E-state index contributed by atoms with van der Waals surface area (Å²) in [4.78, 5) is 44.2. The lowest BCUT2D eigenvalue weighted by Gasteiger charge is -2.13. The summed E-state index contributed by atoms with van der Waals surface area (Å²) >= 11 is 1.04. The number of esters is 1. The molecule has 0 aliphatic rings. The average molecular weight is 389 g/mol. The van der Waals surface area contributed by atoms with Crippen molar-refractivity contribution in [2.45, 2.75) is 26.9 Å². The van der Waals surface area contributed by atoms with Gasteiger partial charge in [-0.3, -0.25) is 9.59 Å². The zero-order chi connectivity index (χ0) is 19.7. The molecule has 7 nitrogen and oxygen atoms in total. The number of hydrogen-bond acceptors (Lipinski definition) is 6. The quantitative estimate of drug-likeness (QED) is 0.668. The Morgan fingerprint density at radius 2 is 1.93 bits per heavy atom. The lowest BCUT2D eigenvalue weighted by atomic mass is 10.2. The molecule has 1 aromatic carbocycles. The Labute approximate surface area is 157 Å². The molecular weight excluding hydrogens is 373 g/mol. The van der Waals surface area contributed by atoms with Crippen LogP contribution < -0.4 is 10.9 Å². The fraction of sp³-hybridized carbons (Fsp3) is 0.222. The smallest absolute Gasteiger partial charge is 0.349 e. The van der Waals surface area contributed by atoms with Gasteiger partial charge in [-0.1, -0.05) is 0 Å². The van der Waals surface area contributed by atoms with E-state index in [1.807, 2.05) is 0 Å². The molecular formula is C18H16FN3O4S. The van der Waals surface area contributed by atoms with Crippen LogP contribution in [-0.4, -0.2) is 27.9 Å². The Balaban J connectivity index is 1.76. The highest BCUT2D eigenvalue weighted by molar-refractivity contribution is 7.20. The number of hydrogen-bond donors (Lipinski definition) is 2. The van der Waals surface area contributed by atoms with Crippen LogP contribution in [0.2, 0.25) is 0 Å². The zero-order valence-electron chi connectivity index (χ0n) is 14.8. The van der Waals surface area contributed by atoms with E-state index in [1.54, 1.807) is 13.8 Å². The first-order valence-corrected chi connectivity index (χ1v) is 8.85. The SMILES string of the molecule is Cc1nc2sc(C(=O)O[C@@H](C)C(=O)Nc3ccc(F)cc3)c(C)c2c(=O)[nH]1. The molecule has 3 rings (SSSR count). The number of fused-ring (bicyclic) bond motifs is 1. The molecule has 2 heterocycles. The maximum Gasteiger partial charge on any atom is 0.349 e. The van der Waals surface area contributed by atoms with Gasteiger partial charge >= 0.3 is 5.97 Å². The molecule has 2 aromatic heterocycles. The number of nitrogens with one attached hydrogen (secondary N) is 2. The Bertz CT molecular complexity index is 1090. The van der Waals surface area contributed by atoms with Crippen molar-refractivity contribution in [1.82, 2.24) is 9.97 Å². The number of aryl methyl sites for hydroxylation is 2. The van der Waals surface area contributed by atoms with Gasteiger partial charge in [-0.25, -0.2) is 14.2 Å². The number of carbonyl (C=O) groups excluding carboxylic acids is 2. The number of benzene rings is 1. The van der Waals surface area contributed by atoms with E-state index in [-0.39, 0.29) is 10.4 Å². The summed E-state index contributed by atoms with van der Waals surface area (Å²) in [5, 5.41) is 2.87. The molecule has 27 heavy (non-hydrogen) atoms. The minimum atomic E-state index is -1.08. The molecule has 1 atom stereocenters. The maximum absolute atomic E-state index is 12.9. The predicted octanol–water partition coefficient (Wildman–Crippen LogP) is 2.92. The molecule has 140 valence electrons. The normalized spacial score (nSPS) is 12.0. The van der Waals surface area contributed by atoms with Gasteiger partial charge in [-0.15, -0.1) is 11.3 Å². The lowest BCUT2D eigenvalue weighted by Crippen LogP contribution is -2.29. The maximum atomic E-state index is 12.9. The third-order valence-corrected chi connectivity index (χ3v) is 5.03. The second kappa shape index (κ2) is 7.28. The monoisotopic (exact) mass is 389 g/mol. The first kappa shape index (κ1) is 18.7. The van der Waals surface area contributed by atoms with Crippen molar-refractivity contribution in [2.24, 2.45) is 0 Å². The fourth-order valence-electron chi connectivity index (χ4n) is 2.49. The number of aromatic nitrogens is 2. The van der Waals surface area contributed by atoms with Crippen LogP contribution in [-0.2, 0) is 9.53 Å². The number of amides is 1. The zero-order valence-corrected chi connectivity index (χ0v) is 15.6. The number of halogens is 1. The van der Waals surface area contributed by atoms with Crippen LogP contribution in [0.4, 0.5) is 10.1 Å². The topological polar surface area (TPSA) is 101 Å². The number of aromatic amines is 1. The van der Waals surface area contributed by atoms with E-state index in [9.17, 15) is 18.8 Å². The van der Waals surface area contributed by atoms with Crippen LogP contribution in [0.5, 0.6) is 0 Å². The van der Waals surface area contributed by atoms with Crippen LogP contribution in [0.1, 0.15) is 28.0 Å². The molecule has 0 fully saturated rings. The van der Waals surface area contributed by atoms with Gasteiger partial charge in [0.25, 0.3) is 11.5 Å². The van der Waals surface area contributed by atoms with Gasteiger partial charge in [-0.2, -0.15) is 0 Å². The standard InChI is InChI=1S/C18H16FN3O4S/c1-8-13-16(24)20-10(3)21-17(13)27-14(8)18(25)26-9(2)15(23)22-12-6-4-11(19)5-7-12/h4-7,9H,1-3H3,(H,22,23)(H,20,21,24)/t9-/m0/s1. The molecule has 0 aliphatic heterocycles. The van der Waals surface area contributed by atoms with Crippen molar-refractivity contribution < 1.29 is 18.7 Å². The van der Waals surface area contributed by atoms with E-state index < -0.39 is 23.8 Å². The van der Waals surface area contributed by atoms with E-state index in [1.165, 1.54) is 31.2 Å². The van der Waals surface area contributed by atoms with E-state index >= 15 is 0 Å². The number of anilines is 1. The van der Waals surface area contributed by atoms with Gasteiger partial charge in [-0.05, 0) is 50.6 Å². The Morgan fingerprint density at radius 3 is 2.59 bits per heavy atom. The summed E-state index contributed by atoms with van der Waals surface area (Å²) < 4.78 is 18.1. The summed E-state index contributed by atoms with van der Waals surface area (Å²) in [6, 6.07) is 5.22. The Morgan fingerprint density at radius 1 is 1.26 bits per heavy atom. The highest BCUT2D eigenvalue weighted by Gasteiger charge is 2.24. The van der Waals surface area contributed by atoms with Gasteiger partial charge in [0.05, 0.1) is 5.39 Å². The summed E-state index contributed by atoms with van der Waals surface area (Å²) in [6.07, 6.45) is -1.08. The highest BCUT2D eigenvalue weighted by Crippen LogP contribution is 2.28. The number of H-pyrrole nitrogens is 1. The van der Waals surface area contributed by atoms with Crippen molar-refractivity contribution in [3.8, 4) is 0 Å². The van der Waals surface area contributed by atoms with Crippen LogP contribution >= 0.6 is 11.3 Å². The average Bonchev–Trinajstić information content (AvgIpc) is 2.93. The fourth-order valence-corrected chi connectivity index (χ4v) is 3.60. The number of rotatable bonds is 4. The minimum Gasteiger partial charge on any atom is -0.448 e. The van der Waals surface area contributed by atoms with E-state index in [0.29, 0.717) is 27.3 Å². The van der Waals surface area contributed by atoms with Gasteiger partial charge in [0.1, 0.15) is 21.3 Å². The Kier molecular flexibility index (Phi) is 5.04. The second-order valence-corrected chi connectivity index (χ2v) is 6.93. The first-order chi connectivity index (χ1) is 12.8. The molecule has 0 saturated heterocycles. The number of thiophene rings is 1. The van der Waals surface area contributed by atoms with Crippen molar-refractivity contribution in [3.05, 3.63) is 56.7 Å². The number of ether oxygens (including phenoxy) is 1. The van der Waals surface area contributed by atoms with Crippen molar-refractivity contribution in [1.29, 1.82) is 0 Å². The van der Waals surface area contributed by atoms with Crippen LogP contribution in [0.3, 0.4) is 0 Å². The number of nitrogens with zero attached hydrogens (tertiary/aromatic N) is 1.